The van der Waals surface area contributed by atoms with Gasteiger partial charge in [0.25, 0.3) is 5.91 Å². The smallest absolute Gasteiger partial charge is 0.276 e. The summed E-state index contributed by atoms with van der Waals surface area (Å²) in [7, 11) is 0. The van der Waals surface area contributed by atoms with Crippen molar-refractivity contribution in [3.63, 3.8) is 0 Å². The number of thiazole rings is 1. The fourth-order valence-corrected chi connectivity index (χ4v) is 3.36. The molecule has 10 heteroatoms. The van der Waals surface area contributed by atoms with Gasteiger partial charge in [-0.2, -0.15) is 0 Å². The molecule has 4 rings (SSSR count). The normalized spacial score (nSPS) is 10.7. The summed E-state index contributed by atoms with van der Waals surface area (Å²) in [6.07, 6.45) is 4.81. The minimum atomic E-state index is -0.464. The number of rotatable bonds is 4. The molecule has 0 aliphatic carbocycles. The first kappa shape index (κ1) is 18.4. The van der Waals surface area contributed by atoms with Crippen molar-refractivity contribution in [2.75, 3.05) is 16.8 Å². The van der Waals surface area contributed by atoms with Crippen molar-refractivity contribution in [1.82, 2.24) is 24.9 Å². The number of carbonyl (C=O) groups excluding carboxylic acids is 1. The molecule has 0 unspecified atom stereocenters. The van der Waals surface area contributed by atoms with Crippen molar-refractivity contribution >= 4 is 34.4 Å². The van der Waals surface area contributed by atoms with E-state index in [0.717, 1.165) is 0 Å². The van der Waals surface area contributed by atoms with Gasteiger partial charge in [0.2, 0.25) is 0 Å². The zero-order valence-electron chi connectivity index (χ0n) is 15.3. The molecule has 0 saturated carbocycles. The first-order valence-corrected chi connectivity index (χ1v) is 9.42. The highest BCUT2D eigenvalue weighted by atomic mass is 32.1. The predicted molar refractivity (Wildman–Crippen MR) is 112 cm³/mol. The molecule has 0 bridgehead atoms. The molecule has 1 amide bonds. The van der Waals surface area contributed by atoms with Gasteiger partial charge in [0.1, 0.15) is 16.6 Å². The van der Waals surface area contributed by atoms with E-state index in [2.05, 4.69) is 30.2 Å². The van der Waals surface area contributed by atoms with E-state index in [1.165, 1.54) is 17.5 Å². The van der Waals surface area contributed by atoms with Crippen LogP contribution in [0, 0.1) is 6.92 Å². The number of nitrogens with one attached hydrogen (secondary N) is 1. The zero-order valence-corrected chi connectivity index (χ0v) is 16.1. The minimum absolute atomic E-state index is 0.103. The van der Waals surface area contributed by atoms with Crippen molar-refractivity contribution in [2.24, 2.45) is 0 Å². The molecule has 4 aromatic heterocycles. The maximum Gasteiger partial charge on any atom is 0.276 e. The van der Waals surface area contributed by atoms with Gasteiger partial charge < -0.3 is 16.8 Å². The summed E-state index contributed by atoms with van der Waals surface area (Å²) in [6.45, 7) is 1.74. The van der Waals surface area contributed by atoms with Gasteiger partial charge in [0.05, 0.1) is 29.0 Å². The van der Waals surface area contributed by atoms with Crippen LogP contribution >= 0.6 is 11.3 Å². The summed E-state index contributed by atoms with van der Waals surface area (Å²) in [5.41, 5.74) is 14.4. The summed E-state index contributed by atoms with van der Waals surface area (Å²) in [5, 5.41) is 5.36. The second-order valence-electron chi connectivity index (χ2n) is 6.07. The van der Waals surface area contributed by atoms with Crippen molar-refractivity contribution in [1.29, 1.82) is 0 Å². The third-order valence-corrected chi connectivity index (χ3v) is 4.79. The number of nitrogens with two attached hydrogens (primary N) is 2. The van der Waals surface area contributed by atoms with E-state index in [1.807, 2.05) is 5.38 Å². The number of anilines is 3. The standard InChI is InChI=1S/C19H16N8OS/c1-10-24-14(8-16(21)25-10)11-4-5-22-9-15(11)27-18(28)17-12(20)2-3-13(26-17)19-23-6-7-29-19/h2-9H,20H2,1H3,(H,27,28)(H2,21,24,25). The number of amides is 1. The molecule has 0 saturated heterocycles. The van der Waals surface area contributed by atoms with E-state index in [-0.39, 0.29) is 11.4 Å². The van der Waals surface area contributed by atoms with E-state index < -0.39 is 5.91 Å². The highest BCUT2D eigenvalue weighted by molar-refractivity contribution is 7.13. The largest absolute Gasteiger partial charge is 0.397 e. The third-order valence-electron chi connectivity index (χ3n) is 4.00. The molecule has 0 atom stereocenters. The first-order chi connectivity index (χ1) is 14.0. The number of nitrogens with zero attached hydrogens (tertiary/aromatic N) is 5. The van der Waals surface area contributed by atoms with Crippen LogP contribution < -0.4 is 16.8 Å². The molecular formula is C19H16N8OS. The van der Waals surface area contributed by atoms with Crippen LogP contribution in [0.2, 0.25) is 0 Å². The molecule has 29 heavy (non-hydrogen) atoms. The Bertz CT molecular complexity index is 1170. The zero-order chi connectivity index (χ0) is 20.4. The minimum Gasteiger partial charge on any atom is -0.397 e. The molecule has 0 fully saturated rings. The molecule has 144 valence electrons. The van der Waals surface area contributed by atoms with Gasteiger partial charge in [-0.05, 0) is 25.1 Å². The Balaban J connectivity index is 1.69. The lowest BCUT2D eigenvalue weighted by Gasteiger charge is -2.12. The molecule has 4 heterocycles. The van der Waals surface area contributed by atoms with Crippen molar-refractivity contribution < 1.29 is 4.79 Å². The van der Waals surface area contributed by atoms with Crippen LogP contribution in [0.3, 0.4) is 0 Å². The number of carbonyl (C=O) groups is 1. The number of hydrogen-bond acceptors (Lipinski definition) is 9. The lowest BCUT2D eigenvalue weighted by Crippen LogP contribution is -2.17. The molecular weight excluding hydrogens is 388 g/mol. The Morgan fingerprint density at radius 1 is 1.07 bits per heavy atom. The summed E-state index contributed by atoms with van der Waals surface area (Å²) in [4.78, 5) is 34.1. The van der Waals surface area contributed by atoms with Gasteiger partial charge in [-0.3, -0.25) is 9.78 Å². The van der Waals surface area contributed by atoms with Crippen molar-refractivity contribution in [3.05, 3.63) is 59.8 Å². The molecule has 4 aromatic rings. The highest BCUT2D eigenvalue weighted by Crippen LogP contribution is 2.28. The molecule has 0 spiro atoms. The topological polar surface area (TPSA) is 146 Å². The predicted octanol–water partition coefficient (Wildman–Crippen LogP) is 2.78. The lowest BCUT2D eigenvalue weighted by atomic mass is 10.1. The number of nitrogen functional groups attached to an aromatic ring is 2. The monoisotopic (exact) mass is 404 g/mol. The first-order valence-electron chi connectivity index (χ1n) is 8.54. The van der Waals surface area contributed by atoms with Gasteiger partial charge in [0, 0.05) is 29.4 Å². The van der Waals surface area contributed by atoms with Crippen LogP contribution in [-0.4, -0.2) is 30.8 Å². The highest BCUT2D eigenvalue weighted by Gasteiger charge is 2.17. The average molecular weight is 404 g/mol. The Labute approximate surface area is 169 Å². The molecule has 0 radical (unpaired) electrons. The Morgan fingerprint density at radius 2 is 1.93 bits per heavy atom. The Kier molecular flexibility index (Phi) is 4.83. The van der Waals surface area contributed by atoms with Gasteiger partial charge in [-0.15, -0.1) is 11.3 Å². The van der Waals surface area contributed by atoms with Crippen molar-refractivity contribution in [2.45, 2.75) is 6.92 Å². The average Bonchev–Trinajstić information content (AvgIpc) is 3.23. The molecule has 0 aliphatic heterocycles. The van der Waals surface area contributed by atoms with Gasteiger partial charge >= 0.3 is 0 Å². The quantitative estimate of drug-likeness (QED) is 0.471. The van der Waals surface area contributed by atoms with E-state index in [9.17, 15) is 4.79 Å². The molecule has 0 aliphatic rings. The molecule has 9 nitrogen and oxygen atoms in total. The van der Waals surface area contributed by atoms with E-state index in [4.69, 9.17) is 11.5 Å². The molecule has 5 N–H and O–H groups in total. The van der Waals surface area contributed by atoms with E-state index in [0.29, 0.717) is 39.3 Å². The summed E-state index contributed by atoms with van der Waals surface area (Å²) >= 11 is 1.43. The maximum atomic E-state index is 12.9. The van der Waals surface area contributed by atoms with Crippen molar-refractivity contribution in [3.8, 4) is 22.0 Å². The number of pyridine rings is 2. The third kappa shape index (κ3) is 3.87. The summed E-state index contributed by atoms with van der Waals surface area (Å²) in [6, 6.07) is 6.73. The summed E-state index contributed by atoms with van der Waals surface area (Å²) in [5.74, 6) is 0.397. The van der Waals surface area contributed by atoms with Crippen LogP contribution in [0.5, 0.6) is 0 Å². The van der Waals surface area contributed by atoms with E-state index >= 15 is 0 Å². The SMILES string of the molecule is Cc1nc(N)cc(-c2ccncc2NC(=O)c2nc(-c3nccs3)ccc2N)n1. The molecule has 0 aromatic carbocycles. The second kappa shape index (κ2) is 7.60. The van der Waals surface area contributed by atoms with Crippen LogP contribution in [0.4, 0.5) is 17.2 Å². The summed E-state index contributed by atoms with van der Waals surface area (Å²) < 4.78 is 0. The van der Waals surface area contributed by atoms with Crippen LogP contribution in [0.25, 0.3) is 22.0 Å². The van der Waals surface area contributed by atoms with Crippen LogP contribution in [0.1, 0.15) is 16.3 Å². The second-order valence-corrected chi connectivity index (χ2v) is 6.97. The van der Waals surface area contributed by atoms with Gasteiger partial charge in [0.15, 0.2) is 5.69 Å². The van der Waals surface area contributed by atoms with Gasteiger partial charge in [-0.25, -0.2) is 19.9 Å². The fourth-order valence-electron chi connectivity index (χ4n) is 2.75. The van der Waals surface area contributed by atoms with E-state index in [1.54, 1.807) is 43.6 Å². The van der Waals surface area contributed by atoms with Gasteiger partial charge in [-0.1, -0.05) is 0 Å². The number of aromatic nitrogens is 5. The fraction of sp³-hybridized carbons (Fsp3) is 0.0526. The van der Waals surface area contributed by atoms with Crippen LogP contribution in [0.15, 0.2) is 48.2 Å². The Morgan fingerprint density at radius 3 is 2.69 bits per heavy atom. The van der Waals surface area contributed by atoms with Crippen LogP contribution in [-0.2, 0) is 0 Å². The number of aryl methyl sites for hydroxylation is 1. The number of hydrogen-bond donors (Lipinski definition) is 3. The lowest BCUT2D eigenvalue weighted by molar-refractivity contribution is 0.102. The Hall–Kier alpha value is -3.92. The maximum absolute atomic E-state index is 12.9.